The van der Waals surface area contributed by atoms with Crippen molar-refractivity contribution < 1.29 is 31.1 Å². The molecule has 224 valence electrons. The zero-order valence-corrected chi connectivity index (χ0v) is 24.2. The molecular weight excluding hydrogens is 578 g/mol. The van der Waals surface area contributed by atoms with Gasteiger partial charge in [-0.15, -0.1) is 0 Å². The lowest BCUT2D eigenvalue weighted by Gasteiger charge is -2.18. The number of ether oxygens (including phenoxy) is 1. The van der Waals surface area contributed by atoms with Crippen molar-refractivity contribution in [2.75, 3.05) is 11.9 Å². The van der Waals surface area contributed by atoms with E-state index in [0.29, 0.717) is 34.7 Å². The predicted octanol–water partition coefficient (Wildman–Crippen LogP) is 5.32. The van der Waals surface area contributed by atoms with Gasteiger partial charge in [0, 0.05) is 29.2 Å². The fourth-order valence-corrected chi connectivity index (χ4v) is 5.00. The molecule has 2 aliphatic carbocycles. The molecule has 1 heterocycles. The number of oxazole rings is 1. The zero-order valence-electron chi connectivity index (χ0n) is 23.4. The van der Waals surface area contributed by atoms with Crippen LogP contribution in [0.15, 0.2) is 63.2 Å². The standard InChI is InChI=1S/C31H30F2N4O5S/c1-2-41-30(38)27-17-42-31(37-27)36-26(15-19-5-6-19)23(13-20-8-12-28(25(33)14-20)43(35,39)40)29(34)22-10-11-24(32)21(16-22)9-7-18-3-4-18/h8,10-12,14,16-19,34H,2-6,13,15H2,1H3,(H,36,37)(H2,35,39,40)/b26-23-,34-29?. The van der Waals surface area contributed by atoms with E-state index in [1.807, 2.05) is 0 Å². The molecule has 12 heteroatoms. The molecule has 2 fully saturated rings. The molecule has 0 atom stereocenters. The monoisotopic (exact) mass is 608 g/mol. The summed E-state index contributed by atoms with van der Waals surface area (Å²) in [5.74, 6) is 4.30. The summed E-state index contributed by atoms with van der Waals surface area (Å²) >= 11 is 0. The van der Waals surface area contributed by atoms with Gasteiger partial charge in [-0.1, -0.05) is 17.9 Å². The quantitative estimate of drug-likeness (QED) is 0.152. The van der Waals surface area contributed by atoms with Crippen LogP contribution in [-0.4, -0.2) is 31.7 Å². The topological polar surface area (TPSA) is 148 Å². The first-order chi connectivity index (χ1) is 20.5. The van der Waals surface area contributed by atoms with E-state index in [0.717, 1.165) is 44.1 Å². The van der Waals surface area contributed by atoms with Gasteiger partial charge < -0.3 is 14.5 Å². The zero-order chi connectivity index (χ0) is 30.7. The number of rotatable bonds is 11. The Bertz CT molecular complexity index is 1780. The number of primary sulfonamides is 1. The highest BCUT2D eigenvalue weighted by atomic mass is 32.2. The molecule has 2 aromatic carbocycles. The second-order valence-corrected chi connectivity index (χ2v) is 12.1. The highest BCUT2D eigenvalue weighted by molar-refractivity contribution is 7.89. The number of nitrogens with two attached hydrogens (primary N) is 1. The summed E-state index contributed by atoms with van der Waals surface area (Å²) in [5.41, 5.74) is 1.85. The minimum Gasteiger partial charge on any atom is -0.461 e. The van der Waals surface area contributed by atoms with Crippen LogP contribution in [0.25, 0.3) is 0 Å². The molecule has 3 aromatic rings. The van der Waals surface area contributed by atoms with Crippen LogP contribution in [0.4, 0.5) is 14.8 Å². The molecule has 0 bridgehead atoms. The fraction of sp³-hybridized carbons (Fsp3) is 0.323. The van der Waals surface area contributed by atoms with Gasteiger partial charge in [0.2, 0.25) is 10.0 Å². The molecule has 0 unspecified atom stereocenters. The van der Waals surface area contributed by atoms with Gasteiger partial charge in [-0.05, 0) is 80.8 Å². The Kier molecular flexibility index (Phi) is 8.75. The summed E-state index contributed by atoms with van der Waals surface area (Å²) in [7, 11) is -4.28. The molecule has 1 aromatic heterocycles. The van der Waals surface area contributed by atoms with Crippen LogP contribution < -0.4 is 10.5 Å². The first-order valence-corrected chi connectivity index (χ1v) is 15.4. The smallest absolute Gasteiger partial charge is 0.360 e. The molecule has 0 spiro atoms. The van der Waals surface area contributed by atoms with Gasteiger partial charge in [-0.3, -0.25) is 5.41 Å². The van der Waals surface area contributed by atoms with E-state index < -0.39 is 32.5 Å². The number of allylic oxidation sites excluding steroid dienone is 2. The van der Waals surface area contributed by atoms with Crippen molar-refractivity contribution in [2.45, 2.75) is 50.3 Å². The second kappa shape index (κ2) is 12.5. The minimum atomic E-state index is -4.28. The summed E-state index contributed by atoms with van der Waals surface area (Å²) in [6, 6.07) is 7.80. The van der Waals surface area contributed by atoms with Crippen molar-refractivity contribution in [1.29, 1.82) is 5.41 Å². The Hall–Kier alpha value is -4.34. The average Bonchev–Trinajstić information content (AvgIpc) is 3.89. The summed E-state index contributed by atoms with van der Waals surface area (Å²) in [4.78, 5) is 15.7. The van der Waals surface area contributed by atoms with Crippen LogP contribution in [0.3, 0.4) is 0 Å². The minimum absolute atomic E-state index is 0.00160. The van der Waals surface area contributed by atoms with Gasteiger partial charge in [-0.2, -0.15) is 4.98 Å². The number of hydrogen-bond acceptors (Lipinski definition) is 8. The Morgan fingerprint density at radius 2 is 1.93 bits per heavy atom. The molecule has 0 amide bonds. The third kappa shape index (κ3) is 7.74. The molecule has 0 aliphatic heterocycles. The largest absolute Gasteiger partial charge is 0.461 e. The molecule has 4 N–H and O–H groups in total. The van der Waals surface area contributed by atoms with E-state index >= 15 is 0 Å². The van der Waals surface area contributed by atoms with Crippen LogP contribution in [0.5, 0.6) is 0 Å². The van der Waals surface area contributed by atoms with Crippen molar-refractivity contribution in [3.63, 3.8) is 0 Å². The molecule has 2 aliphatic rings. The van der Waals surface area contributed by atoms with Crippen molar-refractivity contribution >= 4 is 27.7 Å². The molecule has 0 radical (unpaired) electrons. The lowest BCUT2D eigenvalue weighted by Crippen LogP contribution is -2.17. The molecule has 9 nitrogen and oxygen atoms in total. The third-order valence-corrected chi connectivity index (χ3v) is 7.97. The van der Waals surface area contributed by atoms with Crippen molar-refractivity contribution in [2.24, 2.45) is 17.0 Å². The maximum atomic E-state index is 14.8. The van der Waals surface area contributed by atoms with Gasteiger partial charge >= 0.3 is 5.97 Å². The Balaban J connectivity index is 1.57. The number of carbonyl (C=O) groups excluding carboxylic acids is 1. The highest BCUT2D eigenvalue weighted by Gasteiger charge is 2.27. The van der Waals surface area contributed by atoms with Gasteiger partial charge in [-0.25, -0.2) is 27.1 Å². The predicted molar refractivity (Wildman–Crippen MR) is 155 cm³/mol. The van der Waals surface area contributed by atoms with E-state index in [1.54, 1.807) is 6.92 Å². The van der Waals surface area contributed by atoms with Gasteiger partial charge in [0.05, 0.1) is 17.9 Å². The van der Waals surface area contributed by atoms with Gasteiger partial charge in [0.25, 0.3) is 6.01 Å². The summed E-state index contributed by atoms with van der Waals surface area (Å²) in [6.45, 7) is 1.83. The van der Waals surface area contributed by atoms with Crippen LogP contribution in [0, 0.1) is 40.7 Å². The average molecular weight is 609 g/mol. The van der Waals surface area contributed by atoms with E-state index in [9.17, 15) is 27.4 Å². The van der Waals surface area contributed by atoms with Crippen LogP contribution >= 0.6 is 0 Å². The van der Waals surface area contributed by atoms with E-state index in [2.05, 4.69) is 22.1 Å². The Morgan fingerprint density at radius 3 is 2.58 bits per heavy atom. The number of carbonyl (C=O) groups is 1. The first-order valence-electron chi connectivity index (χ1n) is 13.8. The number of benzene rings is 2. The lowest BCUT2D eigenvalue weighted by molar-refractivity contribution is 0.0519. The van der Waals surface area contributed by atoms with Crippen LogP contribution in [0.2, 0.25) is 0 Å². The fourth-order valence-electron chi connectivity index (χ4n) is 4.41. The van der Waals surface area contributed by atoms with E-state index in [4.69, 9.17) is 14.3 Å². The Labute approximate surface area is 248 Å². The van der Waals surface area contributed by atoms with Crippen molar-refractivity contribution in [3.8, 4) is 11.8 Å². The number of nitrogens with zero attached hydrogens (tertiary/aromatic N) is 1. The van der Waals surface area contributed by atoms with E-state index in [-0.39, 0.29) is 41.9 Å². The molecule has 5 rings (SSSR count). The van der Waals surface area contributed by atoms with Gasteiger partial charge in [0.1, 0.15) is 22.8 Å². The number of esters is 1. The van der Waals surface area contributed by atoms with Crippen LogP contribution in [0.1, 0.15) is 66.2 Å². The summed E-state index contributed by atoms with van der Waals surface area (Å²) in [6.07, 6.45) is 5.52. The SMILES string of the molecule is CCOC(=O)c1coc(N/C(CC2CC2)=C(/Cc2ccc(S(N)(=O)=O)c(F)c2)C(=N)c2ccc(F)c(C#CC3CC3)c2)n1. The first kappa shape index (κ1) is 30.1. The molecule has 43 heavy (non-hydrogen) atoms. The van der Waals surface area contributed by atoms with Crippen molar-refractivity contribution in [1.82, 2.24) is 4.98 Å². The molecular formula is C31H30F2N4O5S. The lowest BCUT2D eigenvalue weighted by atomic mass is 9.92. The summed E-state index contributed by atoms with van der Waals surface area (Å²) in [5, 5.41) is 17.4. The van der Waals surface area contributed by atoms with Crippen molar-refractivity contribution in [3.05, 3.63) is 88.0 Å². The second-order valence-electron chi connectivity index (χ2n) is 10.6. The maximum Gasteiger partial charge on any atom is 0.360 e. The third-order valence-electron chi connectivity index (χ3n) is 7.03. The normalized spacial score (nSPS) is 15.3. The number of sulfonamides is 1. The Morgan fingerprint density at radius 1 is 1.16 bits per heavy atom. The molecule has 2 saturated carbocycles. The number of hydrogen-bond donors (Lipinski definition) is 3. The van der Waals surface area contributed by atoms with Gasteiger partial charge in [0.15, 0.2) is 5.69 Å². The summed E-state index contributed by atoms with van der Waals surface area (Å²) < 4.78 is 63.4. The number of halogens is 2. The van der Waals surface area contributed by atoms with Crippen LogP contribution in [-0.2, 0) is 21.2 Å². The maximum absolute atomic E-state index is 14.8. The molecule has 0 saturated heterocycles. The highest BCUT2D eigenvalue weighted by Crippen LogP contribution is 2.37. The number of aromatic nitrogens is 1. The van der Waals surface area contributed by atoms with E-state index in [1.165, 1.54) is 24.3 Å². The number of anilines is 1. The number of nitrogens with one attached hydrogen (secondary N) is 2.